The second-order valence-electron chi connectivity index (χ2n) is 7.02. The molecule has 0 radical (unpaired) electrons. The number of nitrogen functional groups attached to an aromatic ring is 3. The lowest BCUT2D eigenvalue weighted by molar-refractivity contribution is -0.0941. The molecule has 3 heterocycles. The van der Waals surface area contributed by atoms with Crippen LogP contribution in [0.4, 0.5) is 17.6 Å². The van der Waals surface area contributed by atoms with Crippen molar-refractivity contribution in [3.8, 4) is 17.0 Å². The number of aliphatic hydroxyl groups excluding tert-OH is 1. The maximum atomic E-state index is 10.2. The van der Waals surface area contributed by atoms with Crippen LogP contribution in [0.25, 0.3) is 22.4 Å². The fourth-order valence-corrected chi connectivity index (χ4v) is 3.35. The van der Waals surface area contributed by atoms with Crippen molar-refractivity contribution < 1.29 is 14.6 Å². The number of morpholine rings is 1. The van der Waals surface area contributed by atoms with Crippen molar-refractivity contribution in [1.29, 1.82) is 0 Å². The average Bonchev–Trinajstić information content (AvgIpc) is 2.72. The molecule has 2 atom stereocenters. The predicted octanol–water partition coefficient (Wildman–Crippen LogP) is 0.251. The van der Waals surface area contributed by atoms with Crippen molar-refractivity contribution in [3.05, 3.63) is 24.3 Å². The zero-order valence-corrected chi connectivity index (χ0v) is 16.5. The van der Waals surface area contributed by atoms with Gasteiger partial charge in [0.05, 0.1) is 13.2 Å². The van der Waals surface area contributed by atoms with Gasteiger partial charge < -0.3 is 31.8 Å². The van der Waals surface area contributed by atoms with E-state index in [0.29, 0.717) is 43.3 Å². The minimum Gasteiger partial charge on any atom is -0.472 e. The van der Waals surface area contributed by atoms with Crippen LogP contribution in [0.3, 0.4) is 0 Å². The molecule has 1 saturated heterocycles. The van der Waals surface area contributed by atoms with Crippen LogP contribution in [0.5, 0.6) is 5.75 Å². The van der Waals surface area contributed by atoms with Crippen LogP contribution in [-0.2, 0) is 4.74 Å². The minimum atomic E-state index is -0.666. The summed E-state index contributed by atoms with van der Waals surface area (Å²) < 4.78 is 11.4. The summed E-state index contributed by atoms with van der Waals surface area (Å²) in [4.78, 5) is 18.7. The summed E-state index contributed by atoms with van der Waals surface area (Å²) in [5, 5.41) is 10.2. The van der Waals surface area contributed by atoms with Crippen molar-refractivity contribution in [2.75, 3.05) is 43.5 Å². The number of hydrogen-bond acceptors (Lipinski definition) is 11. The molecule has 2 unspecified atom stereocenters. The SMILES string of the molecule is CC(O)C(Oc1ccc(-c2nc3c(N)nc(N)nc3nc2N)cc1)N1CCOCC1. The molecule has 4 rings (SSSR count). The number of benzene rings is 1. The van der Waals surface area contributed by atoms with Crippen LogP contribution in [0.2, 0.25) is 0 Å². The van der Waals surface area contributed by atoms with E-state index in [1.807, 2.05) is 12.1 Å². The lowest BCUT2D eigenvalue weighted by atomic mass is 10.1. The van der Waals surface area contributed by atoms with Gasteiger partial charge in [0, 0.05) is 18.7 Å². The topological polar surface area (TPSA) is 172 Å². The number of aliphatic hydroxyl groups is 1. The third kappa shape index (κ3) is 4.03. The summed E-state index contributed by atoms with van der Waals surface area (Å²) in [7, 11) is 0. The first-order chi connectivity index (χ1) is 14.4. The number of aromatic nitrogens is 4. The highest BCUT2D eigenvalue weighted by atomic mass is 16.5. The molecule has 3 aromatic rings. The van der Waals surface area contributed by atoms with E-state index in [-0.39, 0.29) is 23.2 Å². The van der Waals surface area contributed by atoms with Gasteiger partial charge in [0.15, 0.2) is 29.0 Å². The lowest BCUT2D eigenvalue weighted by Crippen LogP contribution is -2.51. The normalized spacial score (nSPS) is 17.0. The first-order valence-corrected chi connectivity index (χ1v) is 9.55. The Morgan fingerprint density at radius 2 is 1.70 bits per heavy atom. The standard InChI is InChI=1S/C19H24N8O3/c1-10(28)18(27-6-8-29-9-7-27)30-12-4-2-11(3-5-12)13-15(20)24-17-14(23-13)16(21)25-19(22)26-17/h2-5,10,18,28H,6-9H2,1H3,(H6,20,21,22,24,25,26). The summed E-state index contributed by atoms with van der Waals surface area (Å²) in [5.41, 5.74) is 19.3. The van der Waals surface area contributed by atoms with Crippen molar-refractivity contribution >= 4 is 28.7 Å². The third-order valence-corrected chi connectivity index (χ3v) is 4.81. The van der Waals surface area contributed by atoms with E-state index in [2.05, 4.69) is 24.8 Å². The monoisotopic (exact) mass is 412 g/mol. The molecule has 11 heteroatoms. The molecule has 30 heavy (non-hydrogen) atoms. The van der Waals surface area contributed by atoms with Gasteiger partial charge in [-0.25, -0.2) is 9.97 Å². The van der Waals surface area contributed by atoms with Gasteiger partial charge in [0.25, 0.3) is 0 Å². The van der Waals surface area contributed by atoms with E-state index in [9.17, 15) is 5.11 Å². The van der Waals surface area contributed by atoms with Crippen LogP contribution in [0.15, 0.2) is 24.3 Å². The number of ether oxygens (including phenoxy) is 2. The Balaban J connectivity index is 1.59. The molecule has 0 saturated carbocycles. The Morgan fingerprint density at radius 1 is 1.00 bits per heavy atom. The second kappa shape index (κ2) is 8.22. The Hall–Kier alpha value is -3.28. The number of hydrogen-bond donors (Lipinski definition) is 4. The van der Waals surface area contributed by atoms with E-state index >= 15 is 0 Å². The van der Waals surface area contributed by atoms with Gasteiger partial charge in [-0.05, 0) is 31.2 Å². The van der Waals surface area contributed by atoms with Gasteiger partial charge in [-0.1, -0.05) is 0 Å². The van der Waals surface area contributed by atoms with E-state index in [0.717, 1.165) is 5.56 Å². The Labute approximate surface area is 172 Å². The molecular weight excluding hydrogens is 388 g/mol. The molecule has 1 fully saturated rings. The summed E-state index contributed by atoms with van der Waals surface area (Å²) in [6, 6.07) is 7.21. The smallest absolute Gasteiger partial charge is 0.224 e. The lowest BCUT2D eigenvalue weighted by Gasteiger charge is -2.35. The largest absolute Gasteiger partial charge is 0.472 e. The molecule has 0 amide bonds. The van der Waals surface area contributed by atoms with Crippen molar-refractivity contribution in [3.63, 3.8) is 0 Å². The van der Waals surface area contributed by atoms with E-state index in [1.54, 1.807) is 19.1 Å². The third-order valence-electron chi connectivity index (χ3n) is 4.81. The second-order valence-corrected chi connectivity index (χ2v) is 7.02. The number of nitrogens with two attached hydrogens (primary N) is 3. The maximum Gasteiger partial charge on any atom is 0.224 e. The van der Waals surface area contributed by atoms with Crippen LogP contribution < -0.4 is 21.9 Å². The predicted molar refractivity (Wildman–Crippen MR) is 112 cm³/mol. The van der Waals surface area contributed by atoms with Crippen LogP contribution in [0.1, 0.15) is 6.92 Å². The molecule has 7 N–H and O–H groups in total. The van der Waals surface area contributed by atoms with Gasteiger partial charge in [0.2, 0.25) is 5.95 Å². The van der Waals surface area contributed by atoms with Gasteiger partial charge in [0.1, 0.15) is 17.5 Å². The van der Waals surface area contributed by atoms with Gasteiger partial charge in [-0.2, -0.15) is 9.97 Å². The fraction of sp³-hybridized carbons (Fsp3) is 0.368. The molecule has 158 valence electrons. The summed E-state index contributed by atoms with van der Waals surface area (Å²) in [6.45, 7) is 4.34. The van der Waals surface area contributed by atoms with Gasteiger partial charge in [-0.15, -0.1) is 0 Å². The summed E-state index contributed by atoms with van der Waals surface area (Å²) in [6.07, 6.45) is -1.13. The van der Waals surface area contributed by atoms with E-state index in [1.165, 1.54) is 0 Å². The quantitative estimate of drug-likeness (QED) is 0.452. The molecule has 0 bridgehead atoms. The molecule has 11 nitrogen and oxygen atoms in total. The number of rotatable bonds is 5. The van der Waals surface area contributed by atoms with Crippen molar-refractivity contribution in [2.24, 2.45) is 0 Å². The summed E-state index contributed by atoms with van der Waals surface area (Å²) >= 11 is 0. The van der Waals surface area contributed by atoms with Gasteiger partial charge in [-0.3, -0.25) is 4.90 Å². The number of anilines is 3. The highest BCUT2D eigenvalue weighted by Gasteiger charge is 2.26. The molecular formula is C19H24N8O3. The van der Waals surface area contributed by atoms with Crippen molar-refractivity contribution in [2.45, 2.75) is 19.3 Å². The molecule has 1 aromatic carbocycles. The van der Waals surface area contributed by atoms with Crippen LogP contribution in [0, 0.1) is 0 Å². The fourth-order valence-electron chi connectivity index (χ4n) is 3.35. The van der Waals surface area contributed by atoms with E-state index in [4.69, 9.17) is 26.7 Å². The molecule has 1 aliphatic heterocycles. The maximum absolute atomic E-state index is 10.2. The van der Waals surface area contributed by atoms with Crippen LogP contribution >= 0.6 is 0 Å². The highest BCUT2D eigenvalue weighted by Crippen LogP contribution is 2.28. The number of nitrogens with zero attached hydrogens (tertiary/aromatic N) is 5. The Kier molecular flexibility index (Phi) is 5.48. The highest BCUT2D eigenvalue weighted by molar-refractivity contribution is 5.87. The minimum absolute atomic E-state index is 0.0101. The zero-order valence-electron chi connectivity index (χ0n) is 16.5. The molecule has 1 aliphatic rings. The average molecular weight is 412 g/mol. The van der Waals surface area contributed by atoms with Crippen LogP contribution in [-0.4, -0.2) is 68.6 Å². The zero-order chi connectivity index (χ0) is 21.3. The van der Waals surface area contributed by atoms with Crippen molar-refractivity contribution in [1.82, 2.24) is 24.8 Å². The Bertz CT molecular complexity index is 1040. The molecule has 0 aliphatic carbocycles. The summed E-state index contributed by atoms with van der Waals surface area (Å²) in [5.74, 6) is 0.954. The Morgan fingerprint density at radius 3 is 2.37 bits per heavy atom. The van der Waals surface area contributed by atoms with E-state index < -0.39 is 12.3 Å². The molecule has 0 spiro atoms. The first kappa shape index (κ1) is 20.0. The number of fused-ring (bicyclic) bond motifs is 1. The molecule has 2 aromatic heterocycles. The van der Waals surface area contributed by atoms with Gasteiger partial charge >= 0.3 is 0 Å². The first-order valence-electron chi connectivity index (χ1n) is 9.55.